The molecule has 1 aliphatic carbocycles. The number of allylic oxidation sites excluding steroid dienone is 3. The van der Waals surface area contributed by atoms with Crippen LogP contribution in [0, 0.1) is 16.7 Å². The van der Waals surface area contributed by atoms with Crippen LogP contribution in [0.1, 0.15) is 19.8 Å². The van der Waals surface area contributed by atoms with Crippen molar-refractivity contribution in [2.75, 3.05) is 6.61 Å². The second kappa shape index (κ2) is 3.55. The molecule has 0 aliphatic heterocycles. The number of aliphatic hydroxyl groups is 1. The topological polar surface area (TPSA) is 44.0 Å². The van der Waals surface area contributed by atoms with Crippen molar-refractivity contribution >= 4 is 0 Å². The second-order valence-corrected chi connectivity index (χ2v) is 3.18. The molecule has 1 unspecified atom stereocenters. The average Bonchev–Trinajstić information content (AvgIpc) is 2.18. The van der Waals surface area contributed by atoms with Gasteiger partial charge < -0.3 is 5.11 Å². The third-order valence-electron chi connectivity index (χ3n) is 2.49. The molecule has 0 heterocycles. The number of nitrogens with zero attached hydrogens (tertiary/aromatic N) is 1. The molecular formula is C10H13NO. The van der Waals surface area contributed by atoms with Crippen molar-refractivity contribution in [3.05, 3.63) is 23.8 Å². The van der Waals surface area contributed by atoms with Gasteiger partial charge in [0.25, 0.3) is 0 Å². The van der Waals surface area contributed by atoms with E-state index in [0.29, 0.717) is 5.57 Å². The summed E-state index contributed by atoms with van der Waals surface area (Å²) in [6.07, 6.45) is 7.32. The molecule has 0 radical (unpaired) electrons. The molecule has 1 aliphatic rings. The fourth-order valence-electron chi connectivity index (χ4n) is 1.29. The lowest BCUT2D eigenvalue weighted by Gasteiger charge is -2.27. The number of nitriles is 1. The summed E-state index contributed by atoms with van der Waals surface area (Å²) in [4.78, 5) is 0. The molecule has 1 rings (SSSR count). The molecule has 2 heteroatoms. The fourth-order valence-corrected chi connectivity index (χ4v) is 1.29. The highest BCUT2D eigenvalue weighted by Crippen LogP contribution is 2.32. The van der Waals surface area contributed by atoms with E-state index in [0.717, 1.165) is 12.8 Å². The van der Waals surface area contributed by atoms with Gasteiger partial charge in [0.2, 0.25) is 0 Å². The van der Waals surface area contributed by atoms with Gasteiger partial charge in [-0.1, -0.05) is 19.1 Å². The Labute approximate surface area is 72.8 Å². The Hall–Kier alpha value is -1.07. The van der Waals surface area contributed by atoms with Crippen molar-refractivity contribution in [1.82, 2.24) is 0 Å². The van der Waals surface area contributed by atoms with E-state index in [1.807, 2.05) is 19.1 Å². The van der Waals surface area contributed by atoms with E-state index in [1.165, 1.54) is 0 Å². The van der Waals surface area contributed by atoms with E-state index >= 15 is 0 Å². The monoisotopic (exact) mass is 163 g/mol. The number of hydrogen-bond donors (Lipinski definition) is 1. The van der Waals surface area contributed by atoms with E-state index < -0.39 is 0 Å². The molecule has 12 heavy (non-hydrogen) atoms. The van der Waals surface area contributed by atoms with E-state index in [2.05, 4.69) is 6.07 Å². The molecule has 1 atom stereocenters. The van der Waals surface area contributed by atoms with Gasteiger partial charge in [-0.2, -0.15) is 5.26 Å². The summed E-state index contributed by atoms with van der Waals surface area (Å²) >= 11 is 0. The van der Waals surface area contributed by atoms with E-state index in [-0.39, 0.29) is 12.0 Å². The molecule has 0 aromatic heterocycles. The van der Waals surface area contributed by atoms with Gasteiger partial charge >= 0.3 is 0 Å². The fraction of sp³-hybridized carbons (Fsp3) is 0.500. The highest BCUT2D eigenvalue weighted by Gasteiger charge is 2.24. The first-order valence-electron chi connectivity index (χ1n) is 4.17. The minimum absolute atomic E-state index is 0.111. The van der Waals surface area contributed by atoms with Crippen LogP contribution in [0.25, 0.3) is 0 Å². The summed E-state index contributed by atoms with van der Waals surface area (Å²) in [5.74, 6) is 0. The molecular weight excluding hydrogens is 150 g/mol. The Bertz CT molecular complexity index is 254. The van der Waals surface area contributed by atoms with Gasteiger partial charge in [0.15, 0.2) is 0 Å². The summed E-state index contributed by atoms with van der Waals surface area (Å²) < 4.78 is 0. The van der Waals surface area contributed by atoms with Crippen LogP contribution >= 0.6 is 0 Å². The third kappa shape index (κ3) is 1.57. The molecule has 0 bridgehead atoms. The van der Waals surface area contributed by atoms with Gasteiger partial charge in [0.05, 0.1) is 12.7 Å². The number of hydrogen-bond acceptors (Lipinski definition) is 2. The molecule has 1 N–H and O–H groups in total. The summed E-state index contributed by atoms with van der Waals surface area (Å²) in [5.41, 5.74) is 0.591. The van der Waals surface area contributed by atoms with Gasteiger partial charge in [-0.05, 0) is 18.9 Å². The van der Waals surface area contributed by atoms with Crippen LogP contribution in [0.15, 0.2) is 23.8 Å². The lowest BCUT2D eigenvalue weighted by atomic mass is 9.79. The highest BCUT2D eigenvalue weighted by molar-refractivity contribution is 5.37. The highest BCUT2D eigenvalue weighted by atomic mass is 16.3. The number of aliphatic hydroxyl groups excluding tert-OH is 1. The van der Waals surface area contributed by atoms with E-state index in [1.54, 1.807) is 6.08 Å². The number of rotatable bonds is 2. The first kappa shape index (κ1) is 9.02. The van der Waals surface area contributed by atoms with Crippen LogP contribution in [0.5, 0.6) is 0 Å². The van der Waals surface area contributed by atoms with Crippen molar-refractivity contribution in [1.29, 1.82) is 5.26 Å². The molecule has 0 saturated carbocycles. The first-order valence-corrected chi connectivity index (χ1v) is 4.17. The maximum atomic E-state index is 9.14. The van der Waals surface area contributed by atoms with Crippen molar-refractivity contribution in [2.24, 2.45) is 5.41 Å². The van der Waals surface area contributed by atoms with Gasteiger partial charge in [-0.3, -0.25) is 0 Å². The van der Waals surface area contributed by atoms with Gasteiger partial charge in [-0.25, -0.2) is 0 Å². The normalized spacial score (nSPS) is 27.9. The minimum Gasteiger partial charge on any atom is -0.395 e. The zero-order valence-corrected chi connectivity index (χ0v) is 7.25. The zero-order valence-electron chi connectivity index (χ0n) is 7.25. The predicted octanol–water partition coefficient (Wildman–Crippen LogP) is 1.78. The zero-order chi connectivity index (χ0) is 9.03. The van der Waals surface area contributed by atoms with Crippen LogP contribution in [0.3, 0.4) is 0 Å². The van der Waals surface area contributed by atoms with Gasteiger partial charge in [0.1, 0.15) is 0 Å². The van der Waals surface area contributed by atoms with Crippen molar-refractivity contribution < 1.29 is 5.11 Å². The minimum atomic E-state index is -0.111. The average molecular weight is 163 g/mol. The summed E-state index contributed by atoms with van der Waals surface area (Å²) in [6, 6.07) is 2.08. The van der Waals surface area contributed by atoms with Gasteiger partial charge in [-0.15, -0.1) is 0 Å². The standard InChI is InChI=1S/C10H13NO/c1-2-10(8-12)5-3-9(7-11)4-6-10/h3-5,12H,2,6,8H2,1H3. The van der Waals surface area contributed by atoms with Crippen molar-refractivity contribution in [2.45, 2.75) is 19.8 Å². The lowest BCUT2D eigenvalue weighted by Crippen LogP contribution is -2.22. The summed E-state index contributed by atoms with van der Waals surface area (Å²) in [7, 11) is 0. The first-order chi connectivity index (χ1) is 5.76. The Balaban J connectivity index is 2.76. The quantitative estimate of drug-likeness (QED) is 0.674. The van der Waals surface area contributed by atoms with Crippen LogP contribution in [-0.2, 0) is 0 Å². The molecule has 0 aromatic rings. The molecule has 0 aromatic carbocycles. The molecule has 64 valence electrons. The molecule has 0 fully saturated rings. The Morgan fingerprint density at radius 2 is 2.50 bits per heavy atom. The van der Waals surface area contributed by atoms with Crippen LogP contribution in [0.4, 0.5) is 0 Å². The Morgan fingerprint density at radius 1 is 1.75 bits per heavy atom. The van der Waals surface area contributed by atoms with Crippen molar-refractivity contribution in [3.63, 3.8) is 0 Å². The molecule has 0 saturated heterocycles. The maximum Gasteiger partial charge on any atom is 0.0988 e. The van der Waals surface area contributed by atoms with Crippen LogP contribution in [0.2, 0.25) is 0 Å². The smallest absolute Gasteiger partial charge is 0.0988 e. The molecule has 0 amide bonds. The van der Waals surface area contributed by atoms with Crippen molar-refractivity contribution in [3.8, 4) is 6.07 Å². The summed E-state index contributed by atoms with van der Waals surface area (Å²) in [5, 5.41) is 17.7. The lowest BCUT2D eigenvalue weighted by molar-refractivity contribution is 0.165. The van der Waals surface area contributed by atoms with Gasteiger partial charge in [0, 0.05) is 11.0 Å². The summed E-state index contributed by atoms with van der Waals surface area (Å²) in [6.45, 7) is 2.21. The Morgan fingerprint density at radius 3 is 2.83 bits per heavy atom. The molecule has 0 spiro atoms. The molecule has 2 nitrogen and oxygen atoms in total. The van der Waals surface area contributed by atoms with E-state index in [9.17, 15) is 0 Å². The maximum absolute atomic E-state index is 9.14. The third-order valence-corrected chi connectivity index (χ3v) is 2.49. The Kier molecular flexibility index (Phi) is 2.67. The van der Waals surface area contributed by atoms with Crippen LogP contribution < -0.4 is 0 Å². The largest absolute Gasteiger partial charge is 0.395 e. The second-order valence-electron chi connectivity index (χ2n) is 3.18. The van der Waals surface area contributed by atoms with E-state index in [4.69, 9.17) is 10.4 Å². The SMILES string of the molecule is CCC1(CO)C=CC(C#N)=CC1. The van der Waals surface area contributed by atoms with Crippen LogP contribution in [-0.4, -0.2) is 11.7 Å². The predicted molar refractivity (Wildman–Crippen MR) is 47.3 cm³/mol.